The molecule has 0 amide bonds. The van der Waals surface area contributed by atoms with Gasteiger partial charge in [-0.15, -0.1) is 0 Å². The number of aromatic nitrogens is 2. The number of fused-ring (bicyclic) bond motifs is 1. The van der Waals surface area contributed by atoms with Crippen LogP contribution in [-0.4, -0.2) is 16.2 Å². The predicted molar refractivity (Wildman–Crippen MR) is 113 cm³/mol. The van der Waals surface area contributed by atoms with Crippen LogP contribution in [0.5, 0.6) is 0 Å². The molecular formula is C23H22N4O. The zero-order chi connectivity index (χ0) is 19.2. The lowest BCUT2D eigenvalue weighted by Gasteiger charge is -2.16. The quantitative estimate of drug-likeness (QED) is 0.488. The maximum absolute atomic E-state index is 13.0. The molecule has 0 radical (unpaired) electrons. The highest BCUT2D eigenvalue weighted by Gasteiger charge is 2.11. The zero-order valence-electron chi connectivity index (χ0n) is 15.5. The van der Waals surface area contributed by atoms with Crippen LogP contribution in [0.4, 0.5) is 5.69 Å². The average molecular weight is 370 g/mol. The Balaban J connectivity index is 1.58. The Bertz CT molecular complexity index is 1110. The van der Waals surface area contributed by atoms with Crippen molar-refractivity contribution < 1.29 is 0 Å². The third-order valence-electron chi connectivity index (χ3n) is 4.58. The molecule has 140 valence electrons. The number of para-hydroxylation sites is 2. The van der Waals surface area contributed by atoms with Crippen LogP contribution in [0.3, 0.4) is 0 Å². The molecule has 0 atom stereocenters. The van der Waals surface area contributed by atoms with Crippen molar-refractivity contribution in [1.29, 1.82) is 0 Å². The minimum absolute atomic E-state index is 0.102. The fourth-order valence-corrected chi connectivity index (χ4v) is 3.13. The fourth-order valence-electron chi connectivity index (χ4n) is 3.13. The van der Waals surface area contributed by atoms with Crippen molar-refractivity contribution in [3.8, 4) is 0 Å². The largest absolute Gasteiger partial charge is 0.310 e. The molecule has 2 N–H and O–H groups in total. The van der Waals surface area contributed by atoms with Crippen molar-refractivity contribution in [3.05, 3.63) is 107 Å². The van der Waals surface area contributed by atoms with Gasteiger partial charge in [0.25, 0.3) is 5.56 Å². The number of anilines is 1. The summed E-state index contributed by atoms with van der Waals surface area (Å²) >= 11 is 0. The molecule has 3 aromatic carbocycles. The summed E-state index contributed by atoms with van der Waals surface area (Å²) in [5.74, 6) is 0.653. The number of rotatable bonds is 7. The Morgan fingerprint density at radius 3 is 2.29 bits per heavy atom. The van der Waals surface area contributed by atoms with E-state index in [1.807, 2.05) is 66.7 Å². The van der Waals surface area contributed by atoms with Crippen LogP contribution in [0, 0.1) is 0 Å². The summed E-state index contributed by atoms with van der Waals surface area (Å²) in [6, 6.07) is 27.4. The van der Waals surface area contributed by atoms with E-state index in [1.165, 1.54) is 10.2 Å². The molecule has 1 aromatic heterocycles. The van der Waals surface area contributed by atoms with Gasteiger partial charge in [-0.05, 0) is 42.8 Å². The lowest BCUT2D eigenvalue weighted by atomic mass is 10.1. The number of benzene rings is 3. The smallest absolute Gasteiger partial charge is 0.280 e. The highest BCUT2D eigenvalue weighted by atomic mass is 16.1. The third kappa shape index (κ3) is 4.10. The van der Waals surface area contributed by atoms with Crippen molar-refractivity contribution in [3.63, 3.8) is 0 Å². The Morgan fingerprint density at radius 1 is 0.821 bits per heavy atom. The molecule has 28 heavy (non-hydrogen) atoms. The van der Waals surface area contributed by atoms with Crippen molar-refractivity contribution in [2.24, 2.45) is 0 Å². The number of nitrogens with one attached hydrogen (secondary N) is 2. The van der Waals surface area contributed by atoms with Gasteiger partial charge in [0.15, 0.2) is 0 Å². The van der Waals surface area contributed by atoms with Gasteiger partial charge < -0.3 is 5.32 Å². The van der Waals surface area contributed by atoms with Crippen molar-refractivity contribution in [1.82, 2.24) is 15.0 Å². The zero-order valence-corrected chi connectivity index (χ0v) is 15.5. The van der Waals surface area contributed by atoms with Crippen LogP contribution >= 0.6 is 0 Å². The number of hydrogen-bond acceptors (Lipinski definition) is 4. The SMILES string of the molecule is O=c1c2ccccc2nc(CNCCc2ccccc2)n1Nc1ccccc1. The van der Waals surface area contributed by atoms with Crippen LogP contribution < -0.4 is 16.3 Å². The van der Waals surface area contributed by atoms with Gasteiger partial charge in [-0.2, -0.15) is 0 Å². The van der Waals surface area contributed by atoms with E-state index >= 15 is 0 Å². The highest BCUT2D eigenvalue weighted by Crippen LogP contribution is 2.10. The molecule has 0 aliphatic carbocycles. The van der Waals surface area contributed by atoms with Gasteiger partial charge in [-0.25, -0.2) is 9.66 Å². The van der Waals surface area contributed by atoms with E-state index in [0.717, 1.165) is 18.7 Å². The second-order valence-corrected chi connectivity index (χ2v) is 6.58. The Kier molecular flexibility index (Phi) is 5.45. The molecule has 0 bridgehead atoms. The first kappa shape index (κ1) is 17.9. The van der Waals surface area contributed by atoms with E-state index < -0.39 is 0 Å². The summed E-state index contributed by atoms with van der Waals surface area (Å²) in [7, 11) is 0. The summed E-state index contributed by atoms with van der Waals surface area (Å²) in [4.78, 5) is 17.8. The lowest BCUT2D eigenvalue weighted by Crippen LogP contribution is -2.33. The monoisotopic (exact) mass is 370 g/mol. The molecular weight excluding hydrogens is 348 g/mol. The molecule has 0 saturated carbocycles. The first-order valence-corrected chi connectivity index (χ1v) is 9.39. The normalized spacial score (nSPS) is 10.9. The molecule has 5 nitrogen and oxygen atoms in total. The Labute approximate surface area is 163 Å². The lowest BCUT2D eigenvalue weighted by molar-refractivity contribution is 0.630. The van der Waals surface area contributed by atoms with E-state index in [9.17, 15) is 4.79 Å². The van der Waals surface area contributed by atoms with Gasteiger partial charge in [-0.3, -0.25) is 10.2 Å². The second-order valence-electron chi connectivity index (χ2n) is 6.58. The molecule has 4 aromatic rings. The maximum atomic E-state index is 13.0. The molecule has 5 heteroatoms. The molecule has 1 heterocycles. The molecule has 0 aliphatic rings. The van der Waals surface area contributed by atoms with E-state index in [1.54, 1.807) is 6.07 Å². The minimum atomic E-state index is -0.102. The second kappa shape index (κ2) is 8.50. The summed E-state index contributed by atoms with van der Waals surface area (Å²) < 4.78 is 1.53. The summed E-state index contributed by atoms with van der Waals surface area (Å²) in [6.45, 7) is 1.30. The Morgan fingerprint density at radius 2 is 1.50 bits per heavy atom. The van der Waals surface area contributed by atoms with E-state index in [4.69, 9.17) is 4.98 Å². The van der Waals surface area contributed by atoms with Crippen molar-refractivity contribution in [2.45, 2.75) is 13.0 Å². The summed E-state index contributed by atoms with van der Waals surface area (Å²) in [5.41, 5.74) is 5.92. The standard InChI is InChI=1S/C23H22N4O/c28-23-20-13-7-8-14-21(20)25-22(27(23)26-19-11-5-2-6-12-19)17-24-16-15-18-9-3-1-4-10-18/h1-14,24,26H,15-17H2. The summed E-state index contributed by atoms with van der Waals surface area (Å²) in [6.07, 6.45) is 0.921. The van der Waals surface area contributed by atoms with E-state index in [2.05, 4.69) is 22.9 Å². The molecule has 0 fully saturated rings. The first-order chi connectivity index (χ1) is 13.8. The molecule has 4 rings (SSSR count). The van der Waals surface area contributed by atoms with Gasteiger partial charge >= 0.3 is 0 Å². The maximum Gasteiger partial charge on any atom is 0.280 e. The van der Waals surface area contributed by atoms with Gasteiger partial charge in [0, 0.05) is 0 Å². The molecule has 0 saturated heterocycles. The highest BCUT2D eigenvalue weighted by molar-refractivity contribution is 5.77. The van der Waals surface area contributed by atoms with Crippen LogP contribution in [0.1, 0.15) is 11.4 Å². The van der Waals surface area contributed by atoms with E-state index in [-0.39, 0.29) is 5.56 Å². The van der Waals surface area contributed by atoms with Crippen molar-refractivity contribution in [2.75, 3.05) is 12.0 Å². The predicted octanol–water partition coefficient (Wildman–Crippen LogP) is 3.60. The molecule has 0 spiro atoms. The Hall–Kier alpha value is -3.44. The summed E-state index contributed by atoms with van der Waals surface area (Å²) in [5, 5.41) is 4.00. The topological polar surface area (TPSA) is 59.0 Å². The van der Waals surface area contributed by atoms with Crippen LogP contribution in [0.25, 0.3) is 10.9 Å². The first-order valence-electron chi connectivity index (χ1n) is 9.39. The number of hydrogen-bond donors (Lipinski definition) is 2. The van der Waals surface area contributed by atoms with Crippen LogP contribution in [0.2, 0.25) is 0 Å². The number of nitrogens with zero attached hydrogens (tertiary/aromatic N) is 2. The minimum Gasteiger partial charge on any atom is -0.310 e. The van der Waals surface area contributed by atoms with E-state index in [0.29, 0.717) is 23.3 Å². The average Bonchev–Trinajstić information content (AvgIpc) is 2.75. The van der Waals surface area contributed by atoms with Gasteiger partial charge in [-0.1, -0.05) is 60.7 Å². The van der Waals surface area contributed by atoms with Gasteiger partial charge in [0.1, 0.15) is 5.82 Å². The van der Waals surface area contributed by atoms with Crippen LogP contribution in [-0.2, 0) is 13.0 Å². The van der Waals surface area contributed by atoms with Crippen LogP contribution in [0.15, 0.2) is 89.7 Å². The van der Waals surface area contributed by atoms with Crippen molar-refractivity contribution >= 4 is 16.6 Å². The fraction of sp³-hybridized carbons (Fsp3) is 0.130. The third-order valence-corrected chi connectivity index (χ3v) is 4.58. The molecule has 0 unspecified atom stereocenters. The van der Waals surface area contributed by atoms with Gasteiger partial charge in [0.05, 0.1) is 23.1 Å². The molecule has 0 aliphatic heterocycles. The van der Waals surface area contributed by atoms with Gasteiger partial charge in [0.2, 0.25) is 0 Å².